The summed E-state index contributed by atoms with van der Waals surface area (Å²) in [4.78, 5) is 6.99. The first-order valence-corrected chi connectivity index (χ1v) is 7.48. The van der Waals surface area contributed by atoms with E-state index in [9.17, 15) is 5.26 Å². The molecular weight excluding hydrogens is 248 g/mol. The Hall–Kier alpha value is -1.60. The van der Waals surface area contributed by atoms with Gasteiger partial charge in [-0.2, -0.15) is 5.26 Å². The fourth-order valence-electron chi connectivity index (χ4n) is 2.95. The van der Waals surface area contributed by atoms with Crippen molar-refractivity contribution < 1.29 is 0 Å². The molecule has 1 unspecified atom stereocenters. The smallest absolute Gasteiger partial charge is 0.144 e. The topological polar surface area (TPSA) is 52.0 Å². The fourth-order valence-corrected chi connectivity index (χ4v) is 2.95. The van der Waals surface area contributed by atoms with Crippen LogP contribution in [0.5, 0.6) is 0 Å². The quantitative estimate of drug-likeness (QED) is 0.895. The molecule has 1 fully saturated rings. The van der Waals surface area contributed by atoms with E-state index in [0.29, 0.717) is 11.5 Å². The predicted octanol–water partition coefficient (Wildman–Crippen LogP) is 2.71. The lowest BCUT2D eigenvalue weighted by Gasteiger charge is -2.16. The summed E-state index contributed by atoms with van der Waals surface area (Å²) < 4.78 is 0. The third-order valence-electron chi connectivity index (χ3n) is 3.92. The van der Waals surface area contributed by atoms with Crippen molar-refractivity contribution in [1.82, 2.24) is 9.88 Å². The van der Waals surface area contributed by atoms with Crippen LogP contribution in [0.3, 0.4) is 0 Å². The lowest BCUT2D eigenvalue weighted by atomic mass is 10.1. The van der Waals surface area contributed by atoms with Crippen molar-refractivity contribution in [2.75, 3.05) is 31.5 Å². The van der Waals surface area contributed by atoms with Gasteiger partial charge in [-0.15, -0.1) is 0 Å². The van der Waals surface area contributed by atoms with Crippen LogP contribution in [-0.2, 0) is 0 Å². The van der Waals surface area contributed by atoms with Crippen LogP contribution in [0.1, 0.15) is 36.6 Å². The van der Waals surface area contributed by atoms with Crippen LogP contribution < -0.4 is 5.32 Å². The van der Waals surface area contributed by atoms with E-state index in [1.165, 1.54) is 25.9 Å². The number of likely N-dealkylation sites (tertiary alicyclic amines) is 1. The summed E-state index contributed by atoms with van der Waals surface area (Å²) in [6.45, 7) is 10.6. The summed E-state index contributed by atoms with van der Waals surface area (Å²) in [5.41, 5.74) is 2.64. The summed E-state index contributed by atoms with van der Waals surface area (Å²) in [6.07, 6.45) is 2.46. The zero-order chi connectivity index (χ0) is 14.5. The Labute approximate surface area is 121 Å². The van der Waals surface area contributed by atoms with Gasteiger partial charge in [0.15, 0.2) is 0 Å². The van der Waals surface area contributed by atoms with Gasteiger partial charge >= 0.3 is 0 Å². The van der Waals surface area contributed by atoms with Gasteiger partial charge in [-0.25, -0.2) is 4.98 Å². The molecule has 4 heteroatoms. The summed E-state index contributed by atoms with van der Waals surface area (Å²) in [5.74, 6) is 1.41. The molecule has 0 spiro atoms. The van der Waals surface area contributed by atoms with Gasteiger partial charge in [0.1, 0.15) is 11.9 Å². The molecule has 0 aliphatic carbocycles. The Bertz CT molecular complexity index is 504. The second-order valence-electron chi connectivity index (χ2n) is 5.75. The van der Waals surface area contributed by atoms with E-state index < -0.39 is 0 Å². The third kappa shape index (κ3) is 3.49. The van der Waals surface area contributed by atoms with Gasteiger partial charge in [0, 0.05) is 18.8 Å². The normalized spacial score (nSPS) is 19.0. The van der Waals surface area contributed by atoms with Crippen LogP contribution in [0, 0.1) is 31.1 Å². The molecule has 0 bridgehead atoms. The number of hydrogen-bond donors (Lipinski definition) is 1. The van der Waals surface area contributed by atoms with Gasteiger partial charge in [0.05, 0.1) is 5.56 Å². The first-order valence-electron chi connectivity index (χ1n) is 7.48. The summed E-state index contributed by atoms with van der Waals surface area (Å²) in [7, 11) is 0. The minimum atomic E-state index is 0.663. The van der Waals surface area contributed by atoms with Gasteiger partial charge in [-0.05, 0) is 57.3 Å². The van der Waals surface area contributed by atoms with Gasteiger partial charge in [-0.1, -0.05) is 6.92 Å². The maximum atomic E-state index is 9.26. The van der Waals surface area contributed by atoms with Crippen LogP contribution >= 0.6 is 0 Å². The minimum absolute atomic E-state index is 0.663. The first-order chi connectivity index (χ1) is 9.63. The van der Waals surface area contributed by atoms with E-state index in [1.807, 2.05) is 19.9 Å². The maximum Gasteiger partial charge on any atom is 0.144 e. The Balaban J connectivity index is 1.97. The number of hydrogen-bond acceptors (Lipinski definition) is 4. The van der Waals surface area contributed by atoms with Crippen molar-refractivity contribution in [2.24, 2.45) is 5.92 Å². The molecule has 0 saturated carbocycles. The summed E-state index contributed by atoms with van der Waals surface area (Å²) >= 11 is 0. The van der Waals surface area contributed by atoms with E-state index in [0.717, 1.165) is 30.2 Å². The molecule has 0 amide bonds. The highest BCUT2D eigenvalue weighted by atomic mass is 15.1. The molecule has 20 heavy (non-hydrogen) atoms. The molecule has 2 heterocycles. The van der Waals surface area contributed by atoms with Crippen LogP contribution in [0.4, 0.5) is 5.82 Å². The van der Waals surface area contributed by atoms with E-state index in [-0.39, 0.29) is 0 Å². The number of pyridine rings is 1. The molecule has 0 aromatic carbocycles. The van der Waals surface area contributed by atoms with Crippen molar-refractivity contribution in [3.63, 3.8) is 0 Å². The lowest BCUT2D eigenvalue weighted by molar-refractivity contribution is 0.327. The molecule has 1 N–H and O–H groups in total. The molecule has 1 aromatic rings. The molecule has 2 rings (SSSR count). The molecule has 1 aliphatic heterocycles. The van der Waals surface area contributed by atoms with Crippen LogP contribution in [0.2, 0.25) is 0 Å². The van der Waals surface area contributed by atoms with Crippen molar-refractivity contribution in [2.45, 2.75) is 33.6 Å². The van der Waals surface area contributed by atoms with Gasteiger partial charge in [-0.3, -0.25) is 0 Å². The third-order valence-corrected chi connectivity index (χ3v) is 3.92. The van der Waals surface area contributed by atoms with Crippen LogP contribution in [0.25, 0.3) is 0 Å². The number of rotatable bonds is 5. The highest BCUT2D eigenvalue weighted by molar-refractivity contribution is 5.56. The lowest BCUT2D eigenvalue weighted by Crippen LogP contribution is -2.24. The standard InChI is InChI=1S/C16H24N4/c1-4-6-20-7-5-14(11-20)10-18-16-15(9-17)12(2)8-13(3)19-16/h8,14H,4-7,10-11H2,1-3H3,(H,18,19). The van der Waals surface area contributed by atoms with Crippen molar-refractivity contribution in [3.8, 4) is 6.07 Å². The number of anilines is 1. The first kappa shape index (κ1) is 14.8. The zero-order valence-electron chi connectivity index (χ0n) is 12.7. The average molecular weight is 272 g/mol. The van der Waals surface area contributed by atoms with Crippen LogP contribution in [-0.4, -0.2) is 36.1 Å². The summed E-state index contributed by atoms with van der Waals surface area (Å²) in [5, 5.41) is 12.6. The van der Waals surface area contributed by atoms with Gasteiger partial charge < -0.3 is 10.2 Å². The molecule has 108 valence electrons. The van der Waals surface area contributed by atoms with E-state index in [1.54, 1.807) is 0 Å². The second-order valence-corrected chi connectivity index (χ2v) is 5.75. The number of nitrogens with zero attached hydrogens (tertiary/aromatic N) is 3. The van der Waals surface area contributed by atoms with Crippen molar-refractivity contribution in [1.29, 1.82) is 5.26 Å². The molecule has 0 radical (unpaired) electrons. The number of aromatic nitrogens is 1. The van der Waals surface area contributed by atoms with E-state index in [2.05, 4.69) is 28.2 Å². The molecule has 1 aliphatic rings. The second kappa shape index (κ2) is 6.71. The fraction of sp³-hybridized carbons (Fsp3) is 0.625. The Morgan fingerprint density at radius 1 is 1.50 bits per heavy atom. The van der Waals surface area contributed by atoms with E-state index in [4.69, 9.17) is 0 Å². The molecular formula is C16H24N4. The van der Waals surface area contributed by atoms with E-state index >= 15 is 0 Å². The molecule has 1 atom stereocenters. The predicted molar refractivity (Wildman–Crippen MR) is 81.8 cm³/mol. The van der Waals surface area contributed by atoms with Gasteiger partial charge in [0.2, 0.25) is 0 Å². The zero-order valence-corrected chi connectivity index (χ0v) is 12.7. The van der Waals surface area contributed by atoms with Gasteiger partial charge in [0.25, 0.3) is 0 Å². The highest BCUT2D eigenvalue weighted by Crippen LogP contribution is 2.20. The van der Waals surface area contributed by atoms with Crippen molar-refractivity contribution >= 4 is 5.82 Å². The number of nitrogens with one attached hydrogen (secondary N) is 1. The largest absolute Gasteiger partial charge is 0.369 e. The maximum absolute atomic E-state index is 9.26. The molecule has 1 saturated heterocycles. The Kier molecular flexibility index (Phi) is 4.97. The SMILES string of the molecule is CCCN1CCC(CNc2nc(C)cc(C)c2C#N)C1. The average Bonchev–Trinajstić information content (AvgIpc) is 2.84. The highest BCUT2D eigenvalue weighted by Gasteiger charge is 2.21. The van der Waals surface area contributed by atoms with Crippen molar-refractivity contribution in [3.05, 3.63) is 22.9 Å². The van der Waals surface area contributed by atoms with Crippen LogP contribution in [0.15, 0.2) is 6.07 Å². The molecule has 4 nitrogen and oxygen atoms in total. The Morgan fingerprint density at radius 2 is 2.30 bits per heavy atom. The minimum Gasteiger partial charge on any atom is -0.369 e. The molecule has 1 aromatic heterocycles. The Morgan fingerprint density at radius 3 is 3.00 bits per heavy atom. The summed E-state index contributed by atoms with van der Waals surface area (Å²) in [6, 6.07) is 4.22. The number of nitriles is 1. The monoisotopic (exact) mass is 272 g/mol. The number of aryl methyl sites for hydroxylation is 2.